The molecule has 0 aliphatic carbocycles. The van der Waals surface area contributed by atoms with E-state index in [1.165, 1.54) is 18.6 Å². The fourth-order valence-electron chi connectivity index (χ4n) is 0.969. The Balaban J connectivity index is 2.63. The van der Waals surface area contributed by atoms with Crippen LogP contribution >= 0.6 is 15.9 Å². The average Bonchev–Trinajstić information content (AvgIpc) is 2.52. The maximum atomic E-state index is 13.3. The van der Waals surface area contributed by atoms with Gasteiger partial charge < -0.3 is 0 Å². The van der Waals surface area contributed by atoms with Gasteiger partial charge in [0, 0.05) is 10.7 Å². The van der Waals surface area contributed by atoms with E-state index >= 15 is 0 Å². The van der Waals surface area contributed by atoms with Crippen molar-refractivity contribution < 1.29 is 4.39 Å². The maximum absolute atomic E-state index is 13.3. The van der Waals surface area contributed by atoms with E-state index in [1.807, 2.05) is 0 Å². The molecule has 2 aromatic rings. The molecule has 0 saturated heterocycles. The summed E-state index contributed by atoms with van der Waals surface area (Å²) >= 11 is 3.06. The first-order valence-electron chi connectivity index (χ1n) is 3.62. The molecule has 2 rings (SSSR count). The van der Waals surface area contributed by atoms with E-state index in [9.17, 15) is 9.18 Å². The van der Waals surface area contributed by atoms with Crippen molar-refractivity contribution in [2.24, 2.45) is 0 Å². The smallest absolute Gasteiger partial charge is 0.295 e. The molecule has 2 heterocycles. The second-order valence-corrected chi connectivity index (χ2v) is 3.38. The average molecular weight is 259 g/mol. The van der Waals surface area contributed by atoms with Crippen LogP contribution in [-0.2, 0) is 0 Å². The third kappa shape index (κ3) is 1.46. The van der Waals surface area contributed by atoms with E-state index in [1.54, 1.807) is 0 Å². The van der Waals surface area contributed by atoms with Crippen molar-refractivity contribution in [3.05, 3.63) is 39.4 Å². The summed E-state index contributed by atoms with van der Waals surface area (Å²) in [6.07, 6.45) is 2.56. The largest absolute Gasteiger partial charge is 0.349 e. The first-order valence-corrected chi connectivity index (χ1v) is 4.42. The first kappa shape index (κ1) is 9.07. The maximum Gasteiger partial charge on any atom is 0.349 e. The van der Waals surface area contributed by atoms with Gasteiger partial charge in [-0.2, -0.15) is 9.78 Å². The lowest BCUT2D eigenvalue weighted by molar-refractivity contribution is 0.596. The number of hydrogen-bond donors (Lipinski definition) is 1. The number of hydrogen-bond acceptors (Lipinski definition) is 3. The van der Waals surface area contributed by atoms with Crippen LogP contribution in [0, 0.1) is 5.82 Å². The van der Waals surface area contributed by atoms with E-state index < -0.39 is 11.5 Å². The van der Waals surface area contributed by atoms with Gasteiger partial charge >= 0.3 is 5.69 Å². The predicted molar refractivity (Wildman–Crippen MR) is 49.6 cm³/mol. The Morgan fingerprint density at radius 3 is 2.93 bits per heavy atom. The molecule has 14 heavy (non-hydrogen) atoms. The Labute approximate surface area is 85.7 Å². The van der Waals surface area contributed by atoms with Gasteiger partial charge in [0.1, 0.15) is 6.33 Å². The molecule has 5 nitrogen and oxygen atoms in total. The molecule has 2 aromatic heterocycles. The summed E-state index contributed by atoms with van der Waals surface area (Å²) in [6, 6.07) is 1.21. The molecule has 72 valence electrons. The predicted octanol–water partition coefficient (Wildman–Crippen LogP) is 0.857. The minimum absolute atomic E-state index is 0.126. The van der Waals surface area contributed by atoms with Crippen molar-refractivity contribution in [2.75, 3.05) is 0 Å². The second-order valence-electron chi connectivity index (χ2n) is 2.46. The molecule has 0 radical (unpaired) electrons. The van der Waals surface area contributed by atoms with Gasteiger partial charge in [-0.15, -0.1) is 0 Å². The van der Waals surface area contributed by atoms with Crippen LogP contribution in [-0.4, -0.2) is 19.7 Å². The Bertz CT molecular complexity index is 520. The van der Waals surface area contributed by atoms with Crippen LogP contribution in [0.4, 0.5) is 4.39 Å². The molecule has 0 atom stereocenters. The fraction of sp³-hybridized carbons (Fsp3) is 0. The molecule has 0 spiro atoms. The molecular weight excluding hydrogens is 255 g/mol. The van der Waals surface area contributed by atoms with Gasteiger partial charge in [-0.1, -0.05) is 0 Å². The van der Waals surface area contributed by atoms with Gasteiger partial charge in [-0.05, 0) is 22.0 Å². The molecule has 7 heteroatoms. The van der Waals surface area contributed by atoms with Gasteiger partial charge in [0.05, 0.1) is 0 Å². The summed E-state index contributed by atoms with van der Waals surface area (Å²) in [5.74, 6) is -0.743. The highest BCUT2D eigenvalue weighted by Gasteiger charge is 2.09. The number of rotatable bonds is 1. The summed E-state index contributed by atoms with van der Waals surface area (Å²) < 4.78 is 14.6. The van der Waals surface area contributed by atoms with Crippen LogP contribution in [0.2, 0.25) is 0 Å². The van der Waals surface area contributed by atoms with E-state index in [4.69, 9.17) is 0 Å². The molecule has 0 bridgehead atoms. The SMILES string of the molecule is O=c1[nH]cnn1-c1ncc(Br)cc1F. The van der Waals surface area contributed by atoms with Crippen molar-refractivity contribution >= 4 is 15.9 Å². The van der Waals surface area contributed by atoms with Crippen LogP contribution in [0.5, 0.6) is 0 Å². The topological polar surface area (TPSA) is 63.6 Å². The van der Waals surface area contributed by atoms with Crippen LogP contribution in [0.15, 0.2) is 27.9 Å². The lowest BCUT2D eigenvalue weighted by Crippen LogP contribution is -2.18. The van der Waals surface area contributed by atoms with Gasteiger partial charge in [0.15, 0.2) is 11.6 Å². The molecular formula is C7H4BrFN4O. The van der Waals surface area contributed by atoms with Gasteiger partial charge in [-0.25, -0.2) is 14.2 Å². The second kappa shape index (κ2) is 3.33. The molecule has 0 fully saturated rings. The third-order valence-corrected chi connectivity index (χ3v) is 1.98. The van der Waals surface area contributed by atoms with Crippen molar-refractivity contribution in [1.29, 1.82) is 0 Å². The molecule has 0 aliphatic heterocycles. The van der Waals surface area contributed by atoms with E-state index in [-0.39, 0.29) is 5.82 Å². The van der Waals surface area contributed by atoms with Crippen molar-refractivity contribution in [3.63, 3.8) is 0 Å². The molecule has 0 aliphatic rings. The van der Waals surface area contributed by atoms with E-state index in [2.05, 4.69) is 31.0 Å². The summed E-state index contributed by atoms with van der Waals surface area (Å²) in [4.78, 5) is 17.1. The summed E-state index contributed by atoms with van der Waals surface area (Å²) in [5.41, 5.74) is -0.529. The Kier molecular flexibility index (Phi) is 2.16. The number of nitrogens with zero attached hydrogens (tertiary/aromatic N) is 3. The minimum atomic E-state index is -0.617. The van der Waals surface area contributed by atoms with E-state index in [0.717, 1.165) is 4.68 Å². The number of halogens is 2. The van der Waals surface area contributed by atoms with Crippen LogP contribution in [0.3, 0.4) is 0 Å². The van der Waals surface area contributed by atoms with Crippen molar-refractivity contribution in [2.45, 2.75) is 0 Å². The summed E-state index contributed by atoms with van der Waals surface area (Å²) in [6.45, 7) is 0. The van der Waals surface area contributed by atoms with Crippen molar-refractivity contribution in [3.8, 4) is 5.82 Å². The van der Waals surface area contributed by atoms with Gasteiger partial charge in [0.2, 0.25) is 0 Å². The highest BCUT2D eigenvalue weighted by molar-refractivity contribution is 9.10. The molecule has 0 saturated carbocycles. The highest BCUT2D eigenvalue weighted by atomic mass is 79.9. The van der Waals surface area contributed by atoms with Gasteiger partial charge in [0.25, 0.3) is 0 Å². The number of pyridine rings is 1. The molecule has 1 N–H and O–H groups in total. The monoisotopic (exact) mass is 258 g/mol. The zero-order valence-corrected chi connectivity index (χ0v) is 8.32. The van der Waals surface area contributed by atoms with Crippen LogP contribution < -0.4 is 5.69 Å². The number of nitrogens with one attached hydrogen (secondary N) is 1. The number of aromatic amines is 1. The normalized spacial score (nSPS) is 10.4. The fourth-order valence-corrected chi connectivity index (χ4v) is 1.27. The first-order chi connectivity index (χ1) is 6.68. The quantitative estimate of drug-likeness (QED) is 0.825. The molecule has 0 amide bonds. The number of H-pyrrole nitrogens is 1. The third-order valence-electron chi connectivity index (χ3n) is 1.54. The molecule has 0 unspecified atom stereocenters. The highest BCUT2D eigenvalue weighted by Crippen LogP contribution is 2.13. The summed E-state index contributed by atoms with van der Waals surface area (Å²) in [7, 11) is 0. The lowest BCUT2D eigenvalue weighted by Gasteiger charge is -1.99. The van der Waals surface area contributed by atoms with Gasteiger partial charge in [-0.3, -0.25) is 4.98 Å². The Hall–Kier alpha value is -1.50. The standard InChI is InChI=1S/C7H4BrFN4O/c8-4-1-5(9)6(10-2-4)13-7(14)11-3-12-13/h1-3H,(H,11,12,14). The minimum Gasteiger partial charge on any atom is -0.295 e. The van der Waals surface area contributed by atoms with Crippen LogP contribution in [0.25, 0.3) is 5.82 Å². The summed E-state index contributed by atoms with van der Waals surface area (Å²) in [5, 5.41) is 3.61. The molecule has 0 aromatic carbocycles. The Morgan fingerprint density at radius 1 is 1.57 bits per heavy atom. The number of aromatic nitrogens is 4. The van der Waals surface area contributed by atoms with Crippen molar-refractivity contribution in [1.82, 2.24) is 19.7 Å². The van der Waals surface area contributed by atoms with E-state index in [0.29, 0.717) is 4.47 Å². The zero-order chi connectivity index (χ0) is 10.1. The zero-order valence-electron chi connectivity index (χ0n) is 6.74. The Morgan fingerprint density at radius 2 is 2.36 bits per heavy atom. The lowest BCUT2D eigenvalue weighted by atomic mass is 10.4. The van der Waals surface area contributed by atoms with Crippen LogP contribution in [0.1, 0.15) is 0 Å².